The van der Waals surface area contributed by atoms with Gasteiger partial charge >= 0.3 is 0 Å². The Labute approximate surface area is 167 Å². The summed E-state index contributed by atoms with van der Waals surface area (Å²) >= 11 is 1.67. The second kappa shape index (κ2) is 7.48. The van der Waals surface area contributed by atoms with Crippen LogP contribution in [0.2, 0.25) is 0 Å². The van der Waals surface area contributed by atoms with Gasteiger partial charge in [-0.25, -0.2) is 0 Å². The number of amides is 1. The Balaban J connectivity index is 1.46. The SMILES string of the molecule is Cc1noc(C)c1CN1CCc2c(C(=O)N(C)Cc3nncn3C)csc2C1. The molecule has 9 heteroatoms. The van der Waals surface area contributed by atoms with E-state index in [4.69, 9.17) is 4.52 Å². The Kier molecular flexibility index (Phi) is 5.03. The fraction of sp³-hybridized carbons (Fsp3) is 0.474. The van der Waals surface area contributed by atoms with Crippen molar-refractivity contribution in [2.75, 3.05) is 13.6 Å². The van der Waals surface area contributed by atoms with Gasteiger partial charge in [0.15, 0.2) is 5.82 Å². The molecule has 0 radical (unpaired) electrons. The van der Waals surface area contributed by atoms with Gasteiger partial charge < -0.3 is 14.0 Å². The Morgan fingerprint density at radius 1 is 1.39 bits per heavy atom. The van der Waals surface area contributed by atoms with Gasteiger partial charge in [0.25, 0.3) is 5.91 Å². The molecule has 3 aromatic rings. The summed E-state index contributed by atoms with van der Waals surface area (Å²) in [4.78, 5) is 18.4. The lowest BCUT2D eigenvalue weighted by molar-refractivity contribution is 0.0779. The van der Waals surface area contributed by atoms with Gasteiger partial charge in [0.2, 0.25) is 0 Å². The zero-order valence-corrected chi connectivity index (χ0v) is 17.4. The Morgan fingerprint density at radius 2 is 2.21 bits per heavy atom. The first-order valence-electron chi connectivity index (χ1n) is 9.25. The summed E-state index contributed by atoms with van der Waals surface area (Å²) in [6, 6.07) is 0. The van der Waals surface area contributed by atoms with Crippen LogP contribution in [0, 0.1) is 13.8 Å². The van der Waals surface area contributed by atoms with Crippen molar-refractivity contribution in [3.05, 3.63) is 50.6 Å². The smallest absolute Gasteiger partial charge is 0.255 e. The third kappa shape index (κ3) is 3.47. The highest BCUT2D eigenvalue weighted by molar-refractivity contribution is 7.10. The minimum Gasteiger partial charge on any atom is -0.361 e. The second-order valence-electron chi connectivity index (χ2n) is 7.33. The van der Waals surface area contributed by atoms with E-state index in [9.17, 15) is 4.79 Å². The van der Waals surface area contributed by atoms with Gasteiger partial charge in [-0.2, -0.15) is 0 Å². The van der Waals surface area contributed by atoms with Crippen LogP contribution >= 0.6 is 11.3 Å². The van der Waals surface area contributed by atoms with Crippen LogP contribution in [0.15, 0.2) is 16.2 Å². The van der Waals surface area contributed by atoms with Crippen LogP contribution in [-0.4, -0.2) is 49.2 Å². The van der Waals surface area contributed by atoms with Crippen molar-refractivity contribution >= 4 is 17.2 Å². The number of rotatable bonds is 5. The lowest BCUT2D eigenvalue weighted by Crippen LogP contribution is -2.32. The number of nitrogens with zero attached hydrogens (tertiary/aromatic N) is 6. The molecule has 0 atom stereocenters. The topological polar surface area (TPSA) is 80.3 Å². The molecule has 0 saturated carbocycles. The maximum atomic E-state index is 13.0. The normalized spacial score (nSPS) is 14.3. The quantitative estimate of drug-likeness (QED) is 0.654. The van der Waals surface area contributed by atoms with Crippen LogP contribution in [0.3, 0.4) is 0 Å². The number of carbonyl (C=O) groups excluding carboxylic acids is 1. The highest BCUT2D eigenvalue weighted by atomic mass is 32.1. The number of carbonyl (C=O) groups is 1. The summed E-state index contributed by atoms with van der Waals surface area (Å²) < 4.78 is 7.12. The lowest BCUT2D eigenvalue weighted by Gasteiger charge is -2.27. The monoisotopic (exact) mass is 400 g/mol. The van der Waals surface area contributed by atoms with Crippen LogP contribution in [-0.2, 0) is 33.1 Å². The standard InChI is InChI=1S/C19H24N6O2S/c1-12-15(13(2)27-22-12)7-25-6-5-14-16(10-28-17(14)8-25)19(26)23(3)9-18-21-20-11-24(18)4/h10-11H,5-9H2,1-4H3. The zero-order chi connectivity index (χ0) is 19.8. The average Bonchev–Trinajstić information content (AvgIpc) is 3.36. The maximum absolute atomic E-state index is 13.0. The fourth-order valence-corrected chi connectivity index (χ4v) is 4.70. The highest BCUT2D eigenvalue weighted by Crippen LogP contribution is 2.31. The van der Waals surface area contributed by atoms with Crippen LogP contribution in [0.25, 0.3) is 0 Å². The first-order valence-corrected chi connectivity index (χ1v) is 10.1. The Bertz CT molecular complexity index is 985. The van der Waals surface area contributed by atoms with Crippen LogP contribution < -0.4 is 0 Å². The Morgan fingerprint density at radius 3 is 2.89 bits per heavy atom. The van der Waals surface area contributed by atoms with Crippen LogP contribution in [0.1, 0.15) is 43.6 Å². The highest BCUT2D eigenvalue weighted by Gasteiger charge is 2.26. The number of thiophene rings is 1. The summed E-state index contributed by atoms with van der Waals surface area (Å²) in [6.07, 6.45) is 2.52. The largest absolute Gasteiger partial charge is 0.361 e. The second-order valence-corrected chi connectivity index (χ2v) is 8.30. The summed E-state index contributed by atoms with van der Waals surface area (Å²) in [5.41, 5.74) is 4.13. The molecule has 4 heterocycles. The lowest BCUT2D eigenvalue weighted by atomic mass is 10.0. The minimum absolute atomic E-state index is 0.0414. The molecule has 4 rings (SSSR count). The molecular weight excluding hydrogens is 376 g/mol. The molecule has 1 aliphatic rings. The van der Waals surface area contributed by atoms with Gasteiger partial charge in [-0.15, -0.1) is 21.5 Å². The predicted molar refractivity (Wildman–Crippen MR) is 105 cm³/mol. The summed E-state index contributed by atoms with van der Waals surface area (Å²) in [5, 5.41) is 14.0. The minimum atomic E-state index is 0.0414. The van der Waals surface area contributed by atoms with Gasteiger partial charge in [-0.1, -0.05) is 5.16 Å². The van der Waals surface area contributed by atoms with Crippen molar-refractivity contribution in [2.45, 2.75) is 39.9 Å². The molecule has 0 unspecified atom stereocenters. The van der Waals surface area contributed by atoms with Gasteiger partial charge in [0.05, 0.1) is 17.8 Å². The molecule has 0 fully saturated rings. The molecular formula is C19H24N6O2S. The third-order valence-corrected chi connectivity index (χ3v) is 6.36. The van der Waals surface area contributed by atoms with Gasteiger partial charge in [-0.05, 0) is 25.8 Å². The van der Waals surface area contributed by atoms with Crippen molar-refractivity contribution in [3.8, 4) is 0 Å². The maximum Gasteiger partial charge on any atom is 0.255 e. The van der Waals surface area contributed by atoms with E-state index in [0.29, 0.717) is 6.54 Å². The summed E-state index contributed by atoms with van der Waals surface area (Å²) in [7, 11) is 3.70. The predicted octanol–water partition coefficient (Wildman–Crippen LogP) is 2.31. The van der Waals surface area contributed by atoms with E-state index in [0.717, 1.165) is 48.9 Å². The molecule has 148 valence electrons. The van der Waals surface area contributed by atoms with Crippen molar-refractivity contribution in [3.63, 3.8) is 0 Å². The van der Waals surface area contributed by atoms with Crippen molar-refractivity contribution in [2.24, 2.45) is 7.05 Å². The van der Waals surface area contributed by atoms with Gasteiger partial charge in [0.1, 0.15) is 12.1 Å². The van der Waals surface area contributed by atoms with E-state index in [1.54, 1.807) is 22.6 Å². The number of aryl methyl sites for hydroxylation is 3. The molecule has 8 nitrogen and oxygen atoms in total. The van der Waals surface area contributed by atoms with Crippen LogP contribution in [0.5, 0.6) is 0 Å². The van der Waals surface area contributed by atoms with Crippen LogP contribution in [0.4, 0.5) is 0 Å². The molecule has 0 aromatic carbocycles. The van der Waals surface area contributed by atoms with E-state index in [2.05, 4.69) is 20.3 Å². The number of hydrogen-bond acceptors (Lipinski definition) is 7. The van der Waals surface area contributed by atoms with Gasteiger partial charge in [0, 0.05) is 49.6 Å². The molecule has 28 heavy (non-hydrogen) atoms. The van der Waals surface area contributed by atoms with E-state index >= 15 is 0 Å². The summed E-state index contributed by atoms with van der Waals surface area (Å²) in [5.74, 6) is 1.70. The van der Waals surface area contributed by atoms with E-state index in [-0.39, 0.29) is 5.91 Å². The molecule has 1 amide bonds. The molecule has 1 aliphatic heterocycles. The van der Waals surface area contributed by atoms with Gasteiger partial charge in [-0.3, -0.25) is 9.69 Å². The summed E-state index contributed by atoms with van der Waals surface area (Å²) in [6.45, 7) is 6.98. The Hall–Kier alpha value is -2.52. The molecule has 0 bridgehead atoms. The van der Waals surface area contributed by atoms with E-state index in [1.807, 2.05) is 37.9 Å². The number of hydrogen-bond donors (Lipinski definition) is 0. The average molecular weight is 401 g/mol. The first kappa shape index (κ1) is 18.8. The number of aromatic nitrogens is 4. The van der Waals surface area contributed by atoms with E-state index < -0.39 is 0 Å². The molecule has 0 N–H and O–H groups in total. The molecule has 0 saturated heterocycles. The zero-order valence-electron chi connectivity index (χ0n) is 16.6. The number of fused-ring (bicyclic) bond motifs is 1. The third-order valence-electron chi connectivity index (χ3n) is 5.35. The van der Waals surface area contributed by atoms with Crippen molar-refractivity contribution in [1.29, 1.82) is 0 Å². The molecule has 0 spiro atoms. The van der Waals surface area contributed by atoms with Crippen molar-refractivity contribution in [1.82, 2.24) is 29.7 Å². The molecule has 3 aromatic heterocycles. The van der Waals surface area contributed by atoms with Crippen molar-refractivity contribution < 1.29 is 9.32 Å². The van der Waals surface area contributed by atoms with E-state index in [1.165, 1.54) is 16.0 Å². The fourth-order valence-electron chi connectivity index (χ4n) is 3.59. The first-order chi connectivity index (χ1) is 13.4. The molecule has 0 aliphatic carbocycles.